The molecule has 0 radical (unpaired) electrons. The molecular weight excluding hydrogens is 180 g/mol. The van der Waals surface area contributed by atoms with E-state index in [1.807, 2.05) is 0 Å². The van der Waals surface area contributed by atoms with Crippen LogP contribution >= 0.6 is 0 Å². The second-order valence-electron chi connectivity index (χ2n) is 3.78. The fourth-order valence-electron chi connectivity index (χ4n) is 1.58. The van der Waals surface area contributed by atoms with Gasteiger partial charge in [-0.3, -0.25) is 9.48 Å². The SMILES string of the molecule is Cn1ccc(C(=O)NC2CC(N)C2)n1. The Bertz CT molecular complexity index is 340. The Hall–Kier alpha value is -1.36. The Morgan fingerprint density at radius 1 is 1.71 bits per heavy atom. The molecule has 76 valence electrons. The molecule has 14 heavy (non-hydrogen) atoms. The summed E-state index contributed by atoms with van der Waals surface area (Å²) in [6.07, 6.45) is 3.50. The molecule has 5 nitrogen and oxygen atoms in total. The van der Waals surface area contributed by atoms with Gasteiger partial charge in [-0.15, -0.1) is 0 Å². The second kappa shape index (κ2) is 3.42. The molecule has 1 fully saturated rings. The van der Waals surface area contributed by atoms with E-state index in [0.29, 0.717) is 5.69 Å². The normalized spacial score (nSPS) is 25.6. The summed E-state index contributed by atoms with van der Waals surface area (Å²) in [7, 11) is 1.79. The third-order valence-electron chi connectivity index (χ3n) is 2.46. The Balaban J connectivity index is 1.90. The third kappa shape index (κ3) is 1.77. The number of hydrogen-bond donors (Lipinski definition) is 2. The van der Waals surface area contributed by atoms with Crippen LogP contribution in [0.4, 0.5) is 0 Å². The molecule has 0 saturated heterocycles. The summed E-state index contributed by atoms with van der Waals surface area (Å²) in [5, 5.41) is 6.90. The minimum atomic E-state index is -0.109. The van der Waals surface area contributed by atoms with Gasteiger partial charge in [-0.2, -0.15) is 5.10 Å². The van der Waals surface area contributed by atoms with Crippen molar-refractivity contribution in [3.05, 3.63) is 18.0 Å². The zero-order valence-corrected chi connectivity index (χ0v) is 8.10. The highest BCUT2D eigenvalue weighted by molar-refractivity contribution is 5.92. The highest BCUT2D eigenvalue weighted by atomic mass is 16.2. The summed E-state index contributed by atoms with van der Waals surface area (Å²) >= 11 is 0. The molecule has 0 aliphatic heterocycles. The number of aryl methyl sites for hydroxylation is 1. The summed E-state index contributed by atoms with van der Waals surface area (Å²) in [5.41, 5.74) is 6.08. The van der Waals surface area contributed by atoms with Crippen LogP contribution in [0.5, 0.6) is 0 Å². The lowest BCUT2D eigenvalue weighted by Gasteiger charge is -2.32. The molecule has 1 saturated carbocycles. The monoisotopic (exact) mass is 194 g/mol. The van der Waals surface area contributed by atoms with Crippen LogP contribution in [0, 0.1) is 0 Å². The Morgan fingerprint density at radius 3 is 2.93 bits per heavy atom. The van der Waals surface area contributed by atoms with Crippen LogP contribution in [0.15, 0.2) is 12.3 Å². The summed E-state index contributed by atoms with van der Waals surface area (Å²) < 4.78 is 1.61. The van der Waals surface area contributed by atoms with E-state index in [9.17, 15) is 4.79 Å². The van der Waals surface area contributed by atoms with Crippen molar-refractivity contribution < 1.29 is 4.79 Å². The van der Waals surface area contributed by atoms with Crippen molar-refractivity contribution in [2.24, 2.45) is 12.8 Å². The maximum Gasteiger partial charge on any atom is 0.271 e. The number of carbonyl (C=O) groups excluding carboxylic acids is 1. The van der Waals surface area contributed by atoms with Crippen LogP contribution in [0.3, 0.4) is 0 Å². The number of nitrogens with two attached hydrogens (primary N) is 1. The molecular formula is C9H14N4O. The van der Waals surface area contributed by atoms with E-state index >= 15 is 0 Å². The first kappa shape index (κ1) is 9.21. The maximum absolute atomic E-state index is 11.5. The van der Waals surface area contributed by atoms with Crippen LogP contribution in [0.2, 0.25) is 0 Å². The molecule has 0 atom stereocenters. The number of rotatable bonds is 2. The number of aromatic nitrogens is 2. The summed E-state index contributed by atoms with van der Waals surface area (Å²) in [5.74, 6) is -0.109. The molecule has 0 bridgehead atoms. The van der Waals surface area contributed by atoms with E-state index in [4.69, 9.17) is 5.73 Å². The van der Waals surface area contributed by atoms with E-state index in [2.05, 4.69) is 10.4 Å². The zero-order chi connectivity index (χ0) is 10.1. The smallest absolute Gasteiger partial charge is 0.271 e. The average Bonchev–Trinajstić information content (AvgIpc) is 2.49. The van der Waals surface area contributed by atoms with Crippen molar-refractivity contribution in [3.63, 3.8) is 0 Å². The van der Waals surface area contributed by atoms with Gasteiger partial charge in [-0.1, -0.05) is 0 Å². The van der Waals surface area contributed by atoms with Gasteiger partial charge in [0.25, 0.3) is 5.91 Å². The molecule has 1 aliphatic rings. The van der Waals surface area contributed by atoms with Crippen molar-refractivity contribution in [1.29, 1.82) is 0 Å². The van der Waals surface area contributed by atoms with Gasteiger partial charge in [0.05, 0.1) is 0 Å². The largest absolute Gasteiger partial charge is 0.348 e. The molecule has 1 aromatic heterocycles. The fourth-order valence-corrected chi connectivity index (χ4v) is 1.58. The van der Waals surface area contributed by atoms with E-state index in [0.717, 1.165) is 12.8 Å². The van der Waals surface area contributed by atoms with Gasteiger partial charge in [0.2, 0.25) is 0 Å². The van der Waals surface area contributed by atoms with Gasteiger partial charge in [0, 0.05) is 25.3 Å². The van der Waals surface area contributed by atoms with Crippen molar-refractivity contribution >= 4 is 5.91 Å². The van der Waals surface area contributed by atoms with Crippen molar-refractivity contribution in [1.82, 2.24) is 15.1 Å². The van der Waals surface area contributed by atoms with Crippen LogP contribution < -0.4 is 11.1 Å². The van der Waals surface area contributed by atoms with Crippen LogP contribution in [0.1, 0.15) is 23.3 Å². The third-order valence-corrected chi connectivity index (χ3v) is 2.46. The predicted octanol–water partition coefficient (Wildman–Crippen LogP) is -0.360. The summed E-state index contributed by atoms with van der Waals surface area (Å²) in [6, 6.07) is 2.19. The molecule has 1 heterocycles. The molecule has 1 aliphatic carbocycles. The molecule has 0 aromatic carbocycles. The first-order chi connectivity index (χ1) is 6.65. The van der Waals surface area contributed by atoms with Gasteiger partial charge in [-0.05, 0) is 18.9 Å². The van der Waals surface area contributed by atoms with Crippen molar-refractivity contribution in [2.45, 2.75) is 24.9 Å². The highest BCUT2D eigenvalue weighted by Crippen LogP contribution is 2.17. The highest BCUT2D eigenvalue weighted by Gasteiger charge is 2.27. The van der Waals surface area contributed by atoms with Gasteiger partial charge in [-0.25, -0.2) is 0 Å². The lowest BCUT2D eigenvalue weighted by atomic mass is 9.87. The van der Waals surface area contributed by atoms with Crippen LogP contribution in [0.25, 0.3) is 0 Å². The van der Waals surface area contributed by atoms with E-state index in [1.165, 1.54) is 0 Å². The number of hydrogen-bond acceptors (Lipinski definition) is 3. The number of nitrogens with zero attached hydrogens (tertiary/aromatic N) is 2. The van der Waals surface area contributed by atoms with Gasteiger partial charge >= 0.3 is 0 Å². The maximum atomic E-state index is 11.5. The minimum absolute atomic E-state index is 0.109. The fraction of sp³-hybridized carbons (Fsp3) is 0.556. The van der Waals surface area contributed by atoms with Crippen LogP contribution in [-0.4, -0.2) is 27.8 Å². The Labute approximate surface area is 82.3 Å². The molecule has 1 aromatic rings. The van der Waals surface area contributed by atoms with Crippen LogP contribution in [-0.2, 0) is 7.05 Å². The van der Waals surface area contributed by atoms with Gasteiger partial charge in [0.15, 0.2) is 0 Å². The van der Waals surface area contributed by atoms with Gasteiger partial charge in [0.1, 0.15) is 5.69 Å². The quantitative estimate of drug-likeness (QED) is 0.675. The number of amides is 1. The summed E-state index contributed by atoms with van der Waals surface area (Å²) in [6.45, 7) is 0. The molecule has 0 unspecified atom stereocenters. The number of carbonyl (C=O) groups is 1. The second-order valence-corrected chi connectivity index (χ2v) is 3.78. The molecule has 5 heteroatoms. The lowest BCUT2D eigenvalue weighted by molar-refractivity contribution is 0.0904. The molecule has 0 spiro atoms. The number of nitrogens with one attached hydrogen (secondary N) is 1. The predicted molar refractivity (Wildman–Crippen MR) is 51.7 cm³/mol. The van der Waals surface area contributed by atoms with Gasteiger partial charge < -0.3 is 11.1 Å². The lowest BCUT2D eigenvalue weighted by Crippen LogP contribution is -2.50. The first-order valence-corrected chi connectivity index (χ1v) is 4.71. The topological polar surface area (TPSA) is 72.9 Å². The average molecular weight is 194 g/mol. The first-order valence-electron chi connectivity index (χ1n) is 4.71. The zero-order valence-electron chi connectivity index (χ0n) is 8.10. The van der Waals surface area contributed by atoms with E-state index < -0.39 is 0 Å². The summed E-state index contributed by atoms with van der Waals surface area (Å²) in [4.78, 5) is 11.5. The Morgan fingerprint density at radius 2 is 2.43 bits per heavy atom. The van der Waals surface area contributed by atoms with Crippen molar-refractivity contribution in [3.8, 4) is 0 Å². The Kier molecular flexibility index (Phi) is 2.25. The van der Waals surface area contributed by atoms with E-state index in [1.54, 1.807) is 24.0 Å². The minimum Gasteiger partial charge on any atom is -0.348 e. The van der Waals surface area contributed by atoms with Crippen molar-refractivity contribution in [2.75, 3.05) is 0 Å². The molecule has 2 rings (SSSR count). The molecule has 1 amide bonds. The van der Waals surface area contributed by atoms with E-state index in [-0.39, 0.29) is 18.0 Å². The molecule has 3 N–H and O–H groups in total. The standard InChI is InChI=1S/C9H14N4O/c1-13-3-2-8(12-13)9(14)11-7-4-6(10)5-7/h2-3,6-7H,4-5,10H2,1H3,(H,11,14).